The second kappa shape index (κ2) is 7.92. The van der Waals surface area contributed by atoms with Crippen molar-refractivity contribution in [2.75, 3.05) is 7.11 Å². The number of aromatic nitrogens is 1. The van der Waals surface area contributed by atoms with Crippen molar-refractivity contribution in [3.8, 4) is 5.69 Å². The molecule has 4 nitrogen and oxygen atoms in total. The van der Waals surface area contributed by atoms with E-state index in [2.05, 4.69) is 57.5 Å². The number of aryl methyl sites for hydroxylation is 2. The molecule has 138 valence electrons. The summed E-state index contributed by atoms with van der Waals surface area (Å²) in [5, 5.41) is 0. The van der Waals surface area contributed by atoms with E-state index in [1.807, 2.05) is 31.3 Å². The molecule has 0 fully saturated rings. The Morgan fingerprint density at radius 2 is 1.78 bits per heavy atom. The van der Waals surface area contributed by atoms with E-state index < -0.39 is 0 Å². The molecule has 0 amide bonds. The third kappa shape index (κ3) is 4.03. The zero-order valence-corrected chi connectivity index (χ0v) is 17.4. The van der Waals surface area contributed by atoms with Crippen LogP contribution >= 0.6 is 15.9 Å². The number of hydrogen-bond acceptors (Lipinski definition) is 3. The predicted octanol–water partition coefficient (Wildman–Crippen LogP) is 5.70. The number of halogens is 1. The summed E-state index contributed by atoms with van der Waals surface area (Å²) in [6.45, 7) is 6.13. The Bertz CT molecular complexity index is 1020. The summed E-state index contributed by atoms with van der Waals surface area (Å²) in [6.07, 6.45) is 1.85. The standard InChI is InChI=1S/C22H21BrN2O2/c1-14-5-6-17(22(26)27-4)12-21(14)24-13-18-11-15(2)25(16(18)3)20-9-7-19(23)8-10-20/h5-13H,1-4H3. The SMILES string of the molecule is COC(=O)c1ccc(C)c(N=Cc2cc(C)n(-c3ccc(Br)cc3)c2C)c1. The van der Waals surface area contributed by atoms with Crippen LogP contribution in [0.1, 0.15) is 32.9 Å². The molecule has 0 saturated heterocycles. The molecule has 0 bridgehead atoms. The number of nitrogens with zero attached hydrogens (tertiary/aromatic N) is 2. The molecular formula is C22H21BrN2O2. The van der Waals surface area contributed by atoms with Crippen molar-refractivity contribution in [2.24, 2.45) is 4.99 Å². The molecule has 3 rings (SSSR count). The van der Waals surface area contributed by atoms with Crippen LogP contribution in [0.4, 0.5) is 5.69 Å². The lowest BCUT2D eigenvalue weighted by atomic mass is 10.1. The van der Waals surface area contributed by atoms with Crippen LogP contribution in [0.5, 0.6) is 0 Å². The lowest BCUT2D eigenvalue weighted by Gasteiger charge is -2.09. The van der Waals surface area contributed by atoms with Crippen LogP contribution in [0.15, 0.2) is 58.0 Å². The first kappa shape index (κ1) is 19.1. The third-order valence-corrected chi connectivity index (χ3v) is 5.06. The molecule has 0 aliphatic rings. The molecule has 0 aliphatic carbocycles. The van der Waals surface area contributed by atoms with Gasteiger partial charge in [-0.2, -0.15) is 0 Å². The molecule has 0 N–H and O–H groups in total. The highest BCUT2D eigenvalue weighted by Gasteiger charge is 2.10. The van der Waals surface area contributed by atoms with Crippen LogP contribution in [0.2, 0.25) is 0 Å². The first-order valence-corrected chi connectivity index (χ1v) is 9.38. The maximum Gasteiger partial charge on any atom is 0.337 e. The van der Waals surface area contributed by atoms with Crippen molar-refractivity contribution in [2.45, 2.75) is 20.8 Å². The molecule has 1 heterocycles. The van der Waals surface area contributed by atoms with Crippen molar-refractivity contribution < 1.29 is 9.53 Å². The van der Waals surface area contributed by atoms with Gasteiger partial charge in [0.15, 0.2) is 0 Å². The van der Waals surface area contributed by atoms with Crippen LogP contribution in [0.25, 0.3) is 5.69 Å². The average Bonchev–Trinajstić information content (AvgIpc) is 2.95. The summed E-state index contributed by atoms with van der Waals surface area (Å²) < 4.78 is 8.04. The normalized spacial score (nSPS) is 11.1. The molecule has 5 heteroatoms. The van der Waals surface area contributed by atoms with Crippen molar-refractivity contribution in [1.82, 2.24) is 4.57 Å². The van der Waals surface area contributed by atoms with Gasteiger partial charge in [-0.3, -0.25) is 4.99 Å². The van der Waals surface area contributed by atoms with E-state index in [9.17, 15) is 4.79 Å². The summed E-state index contributed by atoms with van der Waals surface area (Å²) >= 11 is 3.48. The maximum absolute atomic E-state index is 11.8. The maximum atomic E-state index is 11.8. The van der Waals surface area contributed by atoms with Gasteiger partial charge in [0.2, 0.25) is 0 Å². The van der Waals surface area contributed by atoms with Gasteiger partial charge in [-0.05, 0) is 68.8 Å². The highest BCUT2D eigenvalue weighted by atomic mass is 79.9. The Balaban J connectivity index is 1.96. The second-order valence-electron chi connectivity index (χ2n) is 6.39. The molecule has 0 radical (unpaired) electrons. The van der Waals surface area contributed by atoms with Crippen molar-refractivity contribution >= 4 is 33.8 Å². The summed E-state index contributed by atoms with van der Waals surface area (Å²) in [6, 6.07) is 15.7. The largest absolute Gasteiger partial charge is 0.465 e. The molecule has 27 heavy (non-hydrogen) atoms. The minimum absolute atomic E-state index is 0.361. The zero-order chi connectivity index (χ0) is 19.6. The minimum Gasteiger partial charge on any atom is -0.465 e. The van der Waals surface area contributed by atoms with E-state index in [4.69, 9.17) is 4.74 Å². The van der Waals surface area contributed by atoms with Crippen LogP contribution < -0.4 is 0 Å². The Kier molecular flexibility index (Phi) is 5.61. The van der Waals surface area contributed by atoms with Gasteiger partial charge in [-0.1, -0.05) is 22.0 Å². The first-order valence-electron chi connectivity index (χ1n) is 8.58. The Morgan fingerprint density at radius 1 is 1.07 bits per heavy atom. The molecule has 3 aromatic rings. The molecule has 0 aliphatic heterocycles. The molecule has 1 aromatic heterocycles. The third-order valence-electron chi connectivity index (χ3n) is 4.53. The average molecular weight is 425 g/mol. The van der Waals surface area contributed by atoms with Gasteiger partial charge >= 0.3 is 5.97 Å². The smallest absolute Gasteiger partial charge is 0.337 e. The van der Waals surface area contributed by atoms with E-state index in [0.29, 0.717) is 5.56 Å². The number of rotatable bonds is 4. The Morgan fingerprint density at radius 3 is 2.44 bits per heavy atom. The van der Waals surface area contributed by atoms with Crippen LogP contribution in [-0.2, 0) is 4.74 Å². The summed E-state index contributed by atoms with van der Waals surface area (Å²) in [7, 11) is 1.38. The van der Waals surface area contributed by atoms with Crippen LogP contribution in [0.3, 0.4) is 0 Å². The fourth-order valence-electron chi connectivity index (χ4n) is 3.04. The fraction of sp³-hybridized carbons (Fsp3) is 0.182. The van der Waals surface area contributed by atoms with Crippen molar-refractivity contribution in [3.63, 3.8) is 0 Å². The molecule has 2 aromatic carbocycles. The Hall–Kier alpha value is -2.66. The highest BCUT2D eigenvalue weighted by molar-refractivity contribution is 9.10. The van der Waals surface area contributed by atoms with Crippen LogP contribution in [0, 0.1) is 20.8 Å². The fourth-order valence-corrected chi connectivity index (χ4v) is 3.30. The van der Waals surface area contributed by atoms with E-state index in [-0.39, 0.29) is 5.97 Å². The van der Waals surface area contributed by atoms with E-state index >= 15 is 0 Å². The number of esters is 1. The molecule has 0 spiro atoms. The summed E-state index contributed by atoms with van der Waals surface area (Å²) in [5.41, 5.74) is 6.65. The number of hydrogen-bond donors (Lipinski definition) is 0. The second-order valence-corrected chi connectivity index (χ2v) is 7.31. The summed E-state index contributed by atoms with van der Waals surface area (Å²) in [5.74, 6) is -0.361. The van der Waals surface area contributed by atoms with Gasteiger partial charge in [0, 0.05) is 33.3 Å². The van der Waals surface area contributed by atoms with E-state index in [1.165, 1.54) is 7.11 Å². The predicted molar refractivity (Wildman–Crippen MR) is 113 cm³/mol. The van der Waals surface area contributed by atoms with Gasteiger partial charge in [0.1, 0.15) is 0 Å². The molecule has 0 saturated carbocycles. The lowest BCUT2D eigenvalue weighted by Crippen LogP contribution is -2.00. The van der Waals surface area contributed by atoms with Crippen molar-refractivity contribution in [3.05, 3.63) is 81.1 Å². The van der Waals surface area contributed by atoms with Crippen LogP contribution in [-0.4, -0.2) is 23.9 Å². The van der Waals surface area contributed by atoms with E-state index in [0.717, 1.165) is 38.4 Å². The first-order chi connectivity index (χ1) is 12.9. The zero-order valence-electron chi connectivity index (χ0n) is 15.8. The van der Waals surface area contributed by atoms with Gasteiger partial charge in [-0.25, -0.2) is 4.79 Å². The van der Waals surface area contributed by atoms with Gasteiger partial charge in [0.25, 0.3) is 0 Å². The Labute approximate surface area is 167 Å². The van der Waals surface area contributed by atoms with Gasteiger partial charge in [-0.15, -0.1) is 0 Å². The number of ether oxygens (including phenoxy) is 1. The topological polar surface area (TPSA) is 43.6 Å². The number of carbonyl (C=O) groups is 1. The molecule has 0 atom stereocenters. The molecular weight excluding hydrogens is 404 g/mol. The van der Waals surface area contributed by atoms with E-state index in [1.54, 1.807) is 12.1 Å². The summed E-state index contributed by atoms with van der Waals surface area (Å²) in [4.78, 5) is 16.4. The number of benzene rings is 2. The highest BCUT2D eigenvalue weighted by Crippen LogP contribution is 2.24. The molecule has 0 unspecified atom stereocenters. The van der Waals surface area contributed by atoms with Gasteiger partial charge in [0.05, 0.1) is 18.4 Å². The number of aliphatic imine (C=N–C) groups is 1. The quantitative estimate of drug-likeness (QED) is 0.398. The minimum atomic E-state index is -0.361. The number of methoxy groups -OCH3 is 1. The monoisotopic (exact) mass is 424 g/mol. The number of carbonyl (C=O) groups excluding carboxylic acids is 1. The van der Waals surface area contributed by atoms with Crippen molar-refractivity contribution in [1.29, 1.82) is 0 Å². The van der Waals surface area contributed by atoms with Gasteiger partial charge < -0.3 is 9.30 Å². The lowest BCUT2D eigenvalue weighted by molar-refractivity contribution is 0.0601.